The maximum Gasteiger partial charge on any atom is 0.196 e. The Morgan fingerprint density at radius 1 is 0.429 bits per heavy atom. The third-order valence-electron chi connectivity index (χ3n) is 8.89. The van der Waals surface area contributed by atoms with E-state index in [0.29, 0.717) is 10.7 Å². The van der Waals surface area contributed by atoms with E-state index in [1.807, 2.05) is 35.6 Å². The second-order valence-electron chi connectivity index (χ2n) is 11.8. The lowest BCUT2D eigenvalue weighted by Gasteiger charge is -2.26. The first kappa shape index (κ1) is 29.5. The fourth-order valence-corrected chi connectivity index (χ4v) is 9.41. The molecule has 6 heteroatoms. The molecule has 0 saturated carbocycles. The first-order chi connectivity index (χ1) is 24.2. The maximum absolute atomic E-state index is 7.74. The van der Waals surface area contributed by atoms with Crippen molar-refractivity contribution in [1.82, 2.24) is 0 Å². The monoisotopic (exact) mass is 683 g/mol. The molecule has 0 fully saturated rings. The lowest BCUT2D eigenvalue weighted by molar-refractivity contribution is 1.29. The Morgan fingerprint density at radius 2 is 1.00 bits per heavy atom. The molecule has 2 aromatic heterocycles. The molecular formula is C43H26ClN3S2. The van der Waals surface area contributed by atoms with Crippen molar-refractivity contribution in [2.45, 2.75) is 0 Å². The highest BCUT2D eigenvalue weighted by Crippen LogP contribution is 2.48. The second-order valence-corrected chi connectivity index (χ2v) is 14.4. The van der Waals surface area contributed by atoms with Crippen molar-refractivity contribution in [1.29, 1.82) is 0 Å². The molecule has 0 N–H and O–H groups in total. The van der Waals surface area contributed by atoms with Gasteiger partial charge < -0.3 is 9.80 Å². The highest BCUT2D eigenvalue weighted by Gasteiger charge is 2.20. The number of para-hydroxylation sites is 3. The summed E-state index contributed by atoms with van der Waals surface area (Å²) in [4.78, 5) is 8.37. The van der Waals surface area contributed by atoms with Gasteiger partial charge in [0.15, 0.2) is 5.69 Å². The van der Waals surface area contributed by atoms with E-state index in [4.69, 9.17) is 18.2 Å². The maximum atomic E-state index is 7.74. The van der Waals surface area contributed by atoms with Crippen LogP contribution >= 0.6 is 34.3 Å². The van der Waals surface area contributed by atoms with Crippen molar-refractivity contribution in [3.05, 3.63) is 174 Å². The highest BCUT2D eigenvalue weighted by atomic mass is 35.5. The minimum atomic E-state index is 0.632. The Labute approximate surface area is 296 Å². The summed E-state index contributed by atoms with van der Waals surface area (Å²) in [7, 11) is 0. The van der Waals surface area contributed by atoms with Crippen LogP contribution in [0.5, 0.6) is 0 Å². The molecule has 0 amide bonds. The molecule has 0 unspecified atom stereocenters. The molecule has 0 spiro atoms. The van der Waals surface area contributed by atoms with Crippen LogP contribution in [-0.2, 0) is 0 Å². The molecule has 0 saturated heterocycles. The smallest absolute Gasteiger partial charge is 0.196 e. The molecule has 0 radical (unpaired) electrons. The summed E-state index contributed by atoms with van der Waals surface area (Å²) in [5, 5.41) is 4.99. The standard InChI is InChI=1S/C43H26ClN3S2/c1-45-37-18-11-19-39-43(37)42-36(44)25-33(27-41(42)49-39)47(30-16-9-4-10-17-30)32-20-22-34-35-24-31(21-23-38(35)48-40(34)26-32)46(28-12-5-2-6-13-28)29-14-7-3-8-15-29/h2-27H. The second kappa shape index (κ2) is 12.1. The van der Waals surface area contributed by atoms with Gasteiger partial charge in [0, 0.05) is 74.5 Å². The fraction of sp³-hybridized carbons (Fsp3) is 0. The Hall–Kier alpha value is -5.64. The van der Waals surface area contributed by atoms with E-state index < -0.39 is 0 Å². The van der Waals surface area contributed by atoms with Crippen molar-refractivity contribution in [2.75, 3.05) is 9.80 Å². The van der Waals surface area contributed by atoms with Gasteiger partial charge in [-0.25, -0.2) is 4.85 Å². The molecule has 232 valence electrons. The largest absolute Gasteiger partial charge is 0.310 e. The van der Waals surface area contributed by atoms with E-state index in [0.717, 1.165) is 54.3 Å². The average molecular weight is 684 g/mol. The third-order valence-corrected chi connectivity index (χ3v) is 11.4. The zero-order valence-electron chi connectivity index (χ0n) is 26.0. The topological polar surface area (TPSA) is 10.8 Å². The van der Waals surface area contributed by atoms with Crippen LogP contribution < -0.4 is 9.80 Å². The van der Waals surface area contributed by atoms with E-state index in [-0.39, 0.29) is 0 Å². The minimum Gasteiger partial charge on any atom is -0.310 e. The summed E-state index contributed by atoms with van der Waals surface area (Å²) >= 11 is 10.6. The average Bonchev–Trinajstić information content (AvgIpc) is 3.71. The molecule has 2 heterocycles. The van der Waals surface area contributed by atoms with Gasteiger partial charge in [0.05, 0.1) is 11.6 Å². The SMILES string of the molecule is [C-]#[N+]c1cccc2sc3cc(N(c4ccccc4)c4ccc5c(c4)sc4ccc(N(c6ccccc6)c6ccccc6)cc45)cc(Cl)c3c12. The van der Waals surface area contributed by atoms with Gasteiger partial charge in [-0.1, -0.05) is 84.4 Å². The van der Waals surface area contributed by atoms with Crippen molar-refractivity contribution < 1.29 is 0 Å². The van der Waals surface area contributed by atoms with Crippen LogP contribution in [0.1, 0.15) is 0 Å². The lowest BCUT2D eigenvalue weighted by atomic mass is 10.1. The van der Waals surface area contributed by atoms with Crippen LogP contribution in [0.4, 0.5) is 39.8 Å². The Bertz CT molecular complexity index is 2660. The van der Waals surface area contributed by atoms with Crippen LogP contribution in [-0.4, -0.2) is 0 Å². The van der Waals surface area contributed by atoms with Gasteiger partial charge in [-0.05, 0) is 84.9 Å². The number of nitrogens with zero attached hydrogens (tertiary/aromatic N) is 3. The molecule has 3 nitrogen and oxygen atoms in total. The predicted octanol–water partition coefficient (Wildman–Crippen LogP) is 14.6. The van der Waals surface area contributed by atoms with Crippen LogP contribution in [0.2, 0.25) is 5.02 Å². The fourth-order valence-electron chi connectivity index (χ4n) is 6.75. The highest BCUT2D eigenvalue weighted by molar-refractivity contribution is 7.26. The molecule has 7 aromatic carbocycles. The van der Waals surface area contributed by atoms with Crippen molar-refractivity contribution in [2.24, 2.45) is 0 Å². The molecule has 9 rings (SSSR count). The summed E-state index contributed by atoms with van der Waals surface area (Å²) in [6, 6.07) is 55.1. The van der Waals surface area contributed by atoms with Crippen molar-refractivity contribution in [3.8, 4) is 0 Å². The summed E-state index contributed by atoms with van der Waals surface area (Å²) < 4.78 is 4.59. The molecular weight excluding hydrogens is 658 g/mol. The van der Waals surface area contributed by atoms with E-state index in [9.17, 15) is 0 Å². The van der Waals surface area contributed by atoms with Crippen molar-refractivity contribution >= 4 is 114 Å². The molecule has 0 bridgehead atoms. The van der Waals surface area contributed by atoms with E-state index >= 15 is 0 Å². The van der Waals surface area contributed by atoms with E-state index in [2.05, 4.69) is 148 Å². The number of halogens is 1. The van der Waals surface area contributed by atoms with Gasteiger partial charge >= 0.3 is 0 Å². The number of hydrogen-bond donors (Lipinski definition) is 0. The van der Waals surface area contributed by atoms with E-state index in [1.165, 1.54) is 20.2 Å². The van der Waals surface area contributed by atoms with Gasteiger partial charge in [-0.3, -0.25) is 0 Å². The molecule has 0 aliphatic rings. The Kier molecular flexibility index (Phi) is 7.29. The number of thiophene rings is 2. The van der Waals surface area contributed by atoms with Gasteiger partial charge in [0.1, 0.15) is 0 Å². The third kappa shape index (κ3) is 5.10. The van der Waals surface area contributed by atoms with Crippen molar-refractivity contribution in [3.63, 3.8) is 0 Å². The number of anilines is 6. The van der Waals surface area contributed by atoms with Crippen LogP contribution in [0.3, 0.4) is 0 Å². The number of benzene rings is 7. The van der Waals surface area contributed by atoms with Crippen LogP contribution in [0.25, 0.3) is 45.2 Å². The van der Waals surface area contributed by atoms with E-state index in [1.54, 1.807) is 11.3 Å². The minimum absolute atomic E-state index is 0.632. The normalized spacial score (nSPS) is 11.3. The quantitative estimate of drug-likeness (QED) is 0.162. The summed E-state index contributed by atoms with van der Waals surface area (Å²) in [5.74, 6) is 0. The first-order valence-corrected chi connectivity index (χ1v) is 17.9. The van der Waals surface area contributed by atoms with Gasteiger partial charge in [-0.15, -0.1) is 22.7 Å². The molecule has 0 atom stereocenters. The predicted molar refractivity (Wildman–Crippen MR) is 213 cm³/mol. The number of rotatable bonds is 6. The Balaban J connectivity index is 1.19. The molecule has 49 heavy (non-hydrogen) atoms. The van der Waals surface area contributed by atoms with Crippen LogP contribution in [0.15, 0.2) is 158 Å². The number of hydrogen-bond acceptors (Lipinski definition) is 4. The van der Waals surface area contributed by atoms with Crippen LogP contribution in [0, 0.1) is 6.57 Å². The van der Waals surface area contributed by atoms with Gasteiger partial charge in [-0.2, -0.15) is 0 Å². The first-order valence-electron chi connectivity index (χ1n) is 15.9. The Morgan fingerprint density at radius 3 is 1.65 bits per heavy atom. The molecule has 0 aliphatic heterocycles. The molecule has 0 aliphatic carbocycles. The summed E-state index contributed by atoms with van der Waals surface area (Å²) in [6.45, 7) is 7.74. The number of fused-ring (bicyclic) bond motifs is 6. The summed E-state index contributed by atoms with van der Waals surface area (Å²) in [5.41, 5.74) is 7.06. The summed E-state index contributed by atoms with van der Waals surface area (Å²) in [6.07, 6.45) is 0. The lowest BCUT2D eigenvalue weighted by Crippen LogP contribution is -2.09. The van der Waals surface area contributed by atoms with Gasteiger partial charge in [0.25, 0.3) is 0 Å². The zero-order chi connectivity index (χ0) is 32.9. The molecule has 9 aromatic rings. The zero-order valence-corrected chi connectivity index (χ0v) is 28.4. The van der Waals surface area contributed by atoms with Gasteiger partial charge in [0.2, 0.25) is 0 Å².